The van der Waals surface area contributed by atoms with Crippen LogP contribution < -0.4 is 5.32 Å². The predicted molar refractivity (Wildman–Crippen MR) is 106 cm³/mol. The smallest absolute Gasteiger partial charge is 0.153 e. The number of hydrogen-bond donors (Lipinski definition) is 2. The molecule has 0 fully saturated rings. The molecule has 0 radical (unpaired) electrons. The van der Waals surface area contributed by atoms with Gasteiger partial charge in [0.2, 0.25) is 0 Å². The highest BCUT2D eigenvalue weighted by Crippen LogP contribution is 2.29. The normalized spacial score (nSPS) is 13.3. The number of rotatable bonds is 6. The van der Waals surface area contributed by atoms with Gasteiger partial charge in [-0.1, -0.05) is 39.0 Å². The molecule has 140 valence electrons. The third-order valence-electron chi connectivity index (χ3n) is 4.93. The molecule has 4 aromatic rings. The molecule has 27 heavy (non-hydrogen) atoms. The maximum Gasteiger partial charge on any atom is 0.153 e. The van der Waals surface area contributed by atoms with Gasteiger partial charge in [-0.25, -0.2) is 4.98 Å². The molecule has 4 rings (SSSR count). The van der Waals surface area contributed by atoms with Crippen LogP contribution in [-0.2, 0) is 13.1 Å². The lowest BCUT2D eigenvalue weighted by Gasteiger charge is -2.32. The quantitative estimate of drug-likeness (QED) is 0.538. The van der Waals surface area contributed by atoms with Crippen molar-refractivity contribution < 1.29 is 4.42 Å². The van der Waals surface area contributed by atoms with Crippen LogP contribution in [0.1, 0.15) is 26.3 Å². The summed E-state index contributed by atoms with van der Waals surface area (Å²) in [4.78, 5) is 4.15. The van der Waals surface area contributed by atoms with E-state index in [2.05, 4.69) is 58.0 Å². The highest BCUT2D eigenvalue weighted by Gasteiger charge is 2.25. The molecule has 0 aliphatic carbocycles. The van der Waals surface area contributed by atoms with E-state index in [0.29, 0.717) is 6.54 Å². The fourth-order valence-electron chi connectivity index (χ4n) is 3.25. The number of imidazole rings is 1. The molecular weight excluding hydrogens is 338 g/mol. The van der Waals surface area contributed by atoms with Crippen LogP contribution in [0.3, 0.4) is 0 Å². The molecule has 0 bridgehead atoms. The fraction of sp³-hybridized carbons (Fsp3) is 0.333. The van der Waals surface area contributed by atoms with Crippen molar-refractivity contribution in [3.05, 3.63) is 60.8 Å². The Morgan fingerprint density at radius 1 is 1.26 bits per heavy atom. The lowest BCUT2D eigenvalue weighted by molar-refractivity contribution is 0.240. The number of nitrogens with zero attached hydrogens (tertiary/aromatic N) is 3. The molecule has 1 atom stereocenters. The van der Waals surface area contributed by atoms with Crippen LogP contribution in [-0.4, -0.2) is 25.8 Å². The summed E-state index contributed by atoms with van der Waals surface area (Å²) in [5.74, 6) is 0.812. The van der Waals surface area contributed by atoms with Crippen molar-refractivity contribution in [2.24, 2.45) is 5.41 Å². The minimum absolute atomic E-state index is 0.105. The van der Waals surface area contributed by atoms with Gasteiger partial charge in [-0.2, -0.15) is 5.10 Å². The third-order valence-corrected chi connectivity index (χ3v) is 4.93. The number of nitrogens with one attached hydrogen (secondary N) is 2. The highest BCUT2D eigenvalue weighted by atomic mass is 16.3. The molecule has 0 amide bonds. The van der Waals surface area contributed by atoms with Crippen LogP contribution in [0.2, 0.25) is 0 Å². The number of aromatic nitrogens is 4. The average Bonchev–Trinajstić information content (AvgIpc) is 3.36. The van der Waals surface area contributed by atoms with E-state index in [4.69, 9.17) is 4.42 Å². The van der Waals surface area contributed by atoms with E-state index in [0.717, 1.165) is 34.5 Å². The van der Waals surface area contributed by atoms with Gasteiger partial charge in [0.1, 0.15) is 11.3 Å². The Hall–Kier alpha value is -2.86. The standard InChI is InChI=1S/C21H25N5O/c1-21(2,3)19(13-26-9-8-22-14-26)23-11-16-12-24-25-20(16)18-10-15-6-4-5-7-17(15)27-18/h4-10,12,14,19,23H,11,13H2,1-3H3,(H,24,25). The summed E-state index contributed by atoms with van der Waals surface area (Å²) >= 11 is 0. The average molecular weight is 363 g/mol. The maximum absolute atomic E-state index is 6.00. The molecule has 3 aromatic heterocycles. The van der Waals surface area contributed by atoms with Crippen molar-refractivity contribution in [3.63, 3.8) is 0 Å². The number of H-pyrrole nitrogens is 1. The van der Waals surface area contributed by atoms with Gasteiger partial charge in [-0.15, -0.1) is 0 Å². The molecule has 3 heterocycles. The molecule has 6 nitrogen and oxygen atoms in total. The SMILES string of the molecule is CC(C)(C)C(Cn1ccnc1)NCc1cn[nH]c1-c1cc2ccccc2o1. The number of aromatic amines is 1. The van der Waals surface area contributed by atoms with E-state index in [1.54, 1.807) is 0 Å². The van der Waals surface area contributed by atoms with Gasteiger partial charge in [0.05, 0.1) is 12.5 Å². The zero-order chi connectivity index (χ0) is 18.9. The zero-order valence-electron chi connectivity index (χ0n) is 15.9. The van der Waals surface area contributed by atoms with Gasteiger partial charge in [0.25, 0.3) is 0 Å². The largest absolute Gasteiger partial charge is 0.454 e. The lowest BCUT2D eigenvalue weighted by Crippen LogP contribution is -2.43. The summed E-state index contributed by atoms with van der Waals surface area (Å²) in [6.45, 7) is 8.31. The van der Waals surface area contributed by atoms with Crippen molar-refractivity contribution in [1.29, 1.82) is 0 Å². The first-order chi connectivity index (χ1) is 13.0. The number of benzene rings is 1. The summed E-state index contributed by atoms with van der Waals surface area (Å²) in [7, 11) is 0. The summed E-state index contributed by atoms with van der Waals surface area (Å²) in [5, 5.41) is 12.1. The second kappa shape index (κ2) is 7.04. The van der Waals surface area contributed by atoms with Crippen molar-refractivity contribution in [2.45, 2.75) is 39.9 Å². The van der Waals surface area contributed by atoms with Gasteiger partial charge >= 0.3 is 0 Å². The number of furan rings is 1. The maximum atomic E-state index is 6.00. The van der Waals surface area contributed by atoms with E-state index in [1.165, 1.54) is 0 Å². The minimum Gasteiger partial charge on any atom is -0.454 e. The summed E-state index contributed by atoms with van der Waals surface area (Å²) in [6, 6.07) is 10.4. The summed E-state index contributed by atoms with van der Waals surface area (Å²) < 4.78 is 8.11. The first kappa shape index (κ1) is 17.5. The Morgan fingerprint density at radius 2 is 2.11 bits per heavy atom. The number of fused-ring (bicyclic) bond motifs is 1. The van der Waals surface area contributed by atoms with E-state index >= 15 is 0 Å². The van der Waals surface area contributed by atoms with Crippen LogP contribution in [0.4, 0.5) is 0 Å². The van der Waals surface area contributed by atoms with Gasteiger partial charge in [-0.05, 0) is 17.5 Å². The summed E-state index contributed by atoms with van der Waals surface area (Å²) in [6.07, 6.45) is 7.54. The molecular formula is C21H25N5O. The molecule has 1 aromatic carbocycles. The van der Waals surface area contributed by atoms with E-state index < -0.39 is 0 Å². The molecule has 0 aliphatic heterocycles. The predicted octanol–water partition coefficient (Wildman–Crippen LogP) is 4.22. The third kappa shape index (κ3) is 3.80. The molecule has 6 heteroatoms. The van der Waals surface area contributed by atoms with Crippen molar-refractivity contribution in [1.82, 2.24) is 25.1 Å². The second-order valence-corrected chi connectivity index (χ2v) is 7.98. The molecule has 0 spiro atoms. The van der Waals surface area contributed by atoms with E-state index in [9.17, 15) is 0 Å². The van der Waals surface area contributed by atoms with Crippen molar-refractivity contribution >= 4 is 11.0 Å². The summed E-state index contributed by atoms with van der Waals surface area (Å²) in [5.41, 5.74) is 3.00. The van der Waals surface area contributed by atoms with Crippen molar-refractivity contribution in [3.8, 4) is 11.5 Å². The molecule has 0 saturated carbocycles. The van der Waals surface area contributed by atoms with Crippen LogP contribution >= 0.6 is 0 Å². The first-order valence-electron chi connectivity index (χ1n) is 9.21. The van der Waals surface area contributed by atoms with Gasteiger partial charge in [-0.3, -0.25) is 5.10 Å². The lowest BCUT2D eigenvalue weighted by atomic mass is 9.86. The van der Waals surface area contributed by atoms with Gasteiger partial charge < -0.3 is 14.3 Å². The highest BCUT2D eigenvalue weighted by molar-refractivity contribution is 5.82. The Labute approximate surface area is 158 Å². The number of para-hydroxylation sites is 1. The Bertz CT molecular complexity index is 974. The van der Waals surface area contributed by atoms with E-state index in [1.807, 2.05) is 43.1 Å². The molecule has 1 unspecified atom stereocenters. The molecule has 2 N–H and O–H groups in total. The van der Waals surface area contributed by atoms with Crippen LogP contribution in [0.25, 0.3) is 22.4 Å². The van der Waals surface area contributed by atoms with Crippen LogP contribution in [0.15, 0.2) is 59.7 Å². The Morgan fingerprint density at radius 3 is 2.85 bits per heavy atom. The van der Waals surface area contributed by atoms with Crippen LogP contribution in [0, 0.1) is 5.41 Å². The minimum atomic E-state index is 0.105. The second-order valence-electron chi connectivity index (χ2n) is 7.98. The Kier molecular flexibility index (Phi) is 4.58. The van der Waals surface area contributed by atoms with E-state index in [-0.39, 0.29) is 11.5 Å². The fourth-order valence-corrected chi connectivity index (χ4v) is 3.25. The van der Waals surface area contributed by atoms with Gasteiger partial charge in [0.15, 0.2) is 5.76 Å². The monoisotopic (exact) mass is 363 g/mol. The number of hydrogen-bond acceptors (Lipinski definition) is 4. The molecule has 0 aliphatic rings. The van der Waals surface area contributed by atoms with Crippen LogP contribution in [0.5, 0.6) is 0 Å². The molecule has 0 saturated heterocycles. The topological polar surface area (TPSA) is 71.7 Å². The zero-order valence-corrected chi connectivity index (χ0v) is 15.9. The van der Waals surface area contributed by atoms with Gasteiger partial charge in [0, 0.05) is 42.5 Å². The van der Waals surface area contributed by atoms with Crippen molar-refractivity contribution in [2.75, 3.05) is 0 Å². The first-order valence-corrected chi connectivity index (χ1v) is 9.21. The Balaban J connectivity index is 1.53.